The third kappa shape index (κ3) is 4.51. The van der Waals surface area contributed by atoms with Gasteiger partial charge in [-0.3, -0.25) is 5.01 Å². The summed E-state index contributed by atoms with van der Waals surface area (Å²) in [6.45, 7) is 0. The summed E-state index contributed by atoms with van der Waals surface area (Å²) in [5.74, 6) is 0.619. The lowest BCUT2D eigenvalue weighted by Gasteiger charge is -2.32. The van der Waals surface area contributed by atoms with Gasteiger partial charge in [-0.1, -0.05) is 60.1 Å². The maximum Gasteiger partial charge on any atom is 0.431 e. The van der Waals surface area contributed by atoms with E-state index in [1.54, 1.807) is 48.5 Å². The van der Waals surface area contributed by atoms with Crippen LogP contribution in [0, 0.1) is 0 Å². The van der Waals surface area contributed by atoms with E-state index in [9.17, 15) is 31.4 Å². The van der Waals surface area contributed by atoms with Crippen molar-refractivity contribution in [2.24, 2.45) is 5.10 Å². The van der Waals surface area contributed by atoms with Gasteiger partial charge in [0.1, 0.15) is 5.75 Å². The summed E-state index contributed by atoms with van der Waals surface area (Å²) in [7, 11) is 1.52. The van der Waals surface area contributed by atoms with Gasteiger partial charge in [0.15, 0.2) is 0 Å². The minimum absolute atomic E-state index is 0.0723. The van der Waals surface area contributed by atoms with Crippen LogP contribution in [0.4, 0.5) is 32.0 Å². The summed E-state index contributed by atoms with van der Waals surface area (Å²) in [6.07, 6.45) is -12.9. The van der Waals surface area contributed by atoms with Crippen molar-refractivity contribution in [1.82, 2.24) is 0 Å². The Morgan fingerprint density at radius 2 is 1.53 bits per heavy atom. The van der Waals surface area contributed by atoms with Gasteiger partial charge in [0.05, 0.1) is 29.6 Å². The molecule has 1 aliphatic heterocycles. The fourth-order valence-corrected chi connectivity index (χ4v) is 4.26. The first-order chi connectivity index (χ1) is 16.9. The predicted molar refractivity (Wildman–Crippen MR) is 124 cm³/mol. The van der Waals surface area contributed by atoms with Gasteiger partial charge in [0, 0.05) is 6.42 Å². The van der Waals surface area contributed by atoms with Crippen LogP contribution in [0.1, 0.15) is 18.0 Å². The molecule has 190 valence electrons. The Hall–Kier alpha value is -3.24. The van der Waals surface area contributed by atoms with E-state index in [0.29, 0.717) is 11.3 Å². The molecular weight excluding hydrogens is 510 g/mol. The van der Waals surface area contributed by atoms with Crippen LogP contribution in [0.2, 0.25) is 5.02 Å². The molecule has 0 radical (unpaired) electrons. The number of alkyl halides is 6. The average molecular weight is 529 g/mol. The second-order valence-electron chi connectivity index (χ2n) is 8.12. The van der Waals surface area contributed by atoms with Crippen molar-refractivity contribution in [2.45, 2.75) is 30.4 Å². The standard InChI is InChI=1S/C25H19ClF6N2O2/c1-36-18-6-4-5-17(13-18)15-9-11-16(12-10-15)21-14-22(23(35,24(27,28)29)25(30,31)32)33-34(21)20-8-3-2-7-19(20)26/h2-13,21,35H,14H2,1H3. The number of benzene rings is 3. The fraction of sp³-hybridized carbons (Fsp3) is 0.240. The molecule has 0 fully saturated rings. The van der Waals surface area contributed by atoms with Crippen LogP contribution in [-0.2, 0) is 0 Å². The van der Waals surface area contributed by atoms with E-state index in [-0.39, 0.29) is 10.7 Å². The van der Waals surface area contributed by atoms with E-state index in [1.807, 2.05) is 6.07 Å². The number of aliphatic hydroxyl groups is 1. The van der Waals surface area contributed by atoms with Crippen molar-refractivity contribution in [2.75, 3.05) is 12.1 Å². The van der Waals surface area contributed by atoms with Gasteiger partial charge in [0.2, 0.25) is 0 Å². The summed E-state index contributed by atoms with van der Waals surface area (Å²) >= 11 is 6.20. The quantitative estimate of drug-likeness (QED) is 0.357. The predicted octanol–water partition coefficient (Wildman–Crippen LogP) is 7.18. The van der Waals surface area contributed by atoms with Gasteiger partial charge in [0.25, 0.3) is 5.60 Å². The summed E-state index contributed by atoms with van der Waals surface area (Å²) in [5.41, 5.74) is -4.55. The molecule has 4 rings (SSSR count). The lowest BCUT2D eigenvalue weighted by atomic mass is 9.89. The molecule has 0 aromatic heterocycles. The number of hydrazone groups is 1. The second kappa shape index (κ2) is 9.33. The van der Waals surface area contributed by atoms with E-state index in [1.165, 1.54) is 25.3 Å². The van der Waals surface area contributed by atoms with Crippen LogP contribution < -0.4 is 9.75 Å². The molecule has 0 aliphatic carbocycles. The number of methoxy groups -OCH3 is 1. The number of ether oxygens (including phenoxy) is 1. The molecule has 1 heterocycles. The van der Waals surface area contributed by atoms with Crippen LogP contribution in [0.3, 0.4) is 0 Å². The van der Waals surface area contributed by atoms with E-state index >= 15 is 0 Å². The van der Waals surface area contributed by atoms with Crippen molar-refractivity contribution in [1.29, 1.82) is 0 Å². The monoisotopic (exact) mass is 528 g/mol. The van der Waals surface area contributed by atoms with Gasteiger partial charge < -0.3 is 9.84 Å². The van der Waals surface area contributed by atoms with Crippen molar-refractivity contribution < 1.29 is 36.2 Å². The maximum absolute atomic E-state index is 13.6. The molecule has 3 aromatic rings. The van der Waals surface area contributed by atoms with Crippen LogP contribution in [-0.4, -0.2) is 35.9 Å². The van der Waals surface area contributed by atoms with Gasteiger partial charge >= 0.3 is 12.4 Å². The minimum Gasteiger partial charge on any atom is -0.497 e. The third-order valence-electron chi connectivity index (χ3n) is 5.95. The Balaban J connectivity index is 1.77. The first kappa shape index (κ1) is 25.8. The number of nitrogens with zero attached hydrogens (tertiary/aromatic N) is 2. The van der Waals surface area contributed by atoms with E-state index < -0.39 is 36.1 Å². The average Bonchev–Trinajstić information content (AvgIpc) is 3.28. The van der Waals surface area contributed by atoms with Gasteiger partial charge in [-0.25, -0.2) is 0 Å². The summed E-state index contributed by atoms with van der Waals surface area (Å²) in [4.78, 5) is 0. The zero-order valence-electron chi connectivity index (χ0n) is 18.6. The normalized spacial score (nSPS) is 16.8. The zero-order valence-corrected chi connectivity index (χ0v) is 19.4. The Labute approximate surface area is 207 Å². The molecule has 11 heteroatoms. The maximum atomic E-state index is 13.6. The fourth-order valence-electron chi connectivity index (χ4n) is 4.04. The van der Waals surface area contributed by atoms with E-state index in [0.717, 1.165) is 16.1 Å². The van der Waals surface area contributed by atoms with Gasteiger partial charge in [-0.15, -0.1) is 0 Å². The van der Waals surface area contributed by atoms with Crippen LogP contribution in [0.5, 0.6) is 5.75 Å². The molecule has 36 heavy (non-hydrogen) atoms. The van der Waals surface area contributed by atoms with Crippen molar-refractivity contribution in [3.63, 3.8) is 0 Å². The van der Waals surface area contributed by atoms with E-state index in [2.05, 4.69) is 5.10 Å². The molecule has 0 saturated carbocycles. The molecule has 1 N–H and O–H groups in total. The lowest BCUT2D eigenvalue weighted by Crippen LogP contribution is -2.62. The number of hydrogen-bond acceptors (Lipinski definition) is 4. The highest BCUT2D eigenvalue weighted by Crippen LogP contribution is 2.49. The summed E-state index contributed by atoms with van der Waals surface area (Å²) in [6, 6.07) is 18.6. The number of hydrogen-bond donors (Lipinski definition) is 1. The number of rotatable bonds is 5. The van der Waals surface area contributed by atoms with Crippen LogP contribution in [0.15, 0.2) is 77.9 Å². The molecule has 1 aliphatic rings. The number of para-hydroxylation sites is 1. The minimum atomic E-state index is -6.04. The molecule has 3 aromatic carbocycles. The van der Waals surface area contributed by atoms with Crippen molar-refractivity contribution in [3.05, 3.63) is 83.4 Å². The zero-order chi connectivity index (χ0) is 26.3. The molecule has 1 atom stereocenters. The summed E-state index contributed by atoms with van der Waals surface area (Å²) < 4.78 is 86.7. The van der Waals surface area contributed by atoms with Crippen LogP contribution in [0.25, 0.3) is 11.1 Å². The molecular formula is C25H19ClF6N2O2. The van der Waals surface area contributed by atoms with Gasteiger partial charge in [-0.05, 0) is 41.0 Å². The molecule has 0 bridgehead atoms. The Bertz CT molecular complexity index is 1260. The number of halogens is 7. The molecule has 0 saturated heterocycles. The first-order valence-electron chi connectivity index (χ1n) is 10.6. The molecule has 1 unspecified atom stereocenters. The highest BCUT2D eigenvalue weighted by molar-refractivity contribution is 6.33. The molecule has 4 nitrogen and oxygen atoms in total. The summed E-state index contributed by atoms with van der Waals surface area (Å²) in [5, 5.41) is 14.7. The molecule has 0 amide bonds. The second-order valence-corrected chi connectivity index (χ2v) is 8.53. The van der Waals surface area contributed by atoms with E-state index in [4.69, 9.17) is 16.3 Å². The van der Waals surface area contributed by atoms with Crippen molar-refractivity contribution in [3.8, 4) is 16.9 Å². The SMILES string of the molecule is COc1cccc(-c2ccc(C3CC(C(O)(C(F)(F)F)C(F)(F)F)=NN3c3ccccc3Cl)cc2)c1. The van der Waals surface area contributed by atoms with Crippen molar-refractivity contribution >= 4 is 23.0 Å². The van der Waals surface area contributed by atoms with Gasteiger partial charge in [-0.2, -0.15) is 31.4 Å². The first-order valence-corrected chi connectivity index (χ1v) is 11.0. The lowest BCUT2D eigenvalue weighted by molar-refractivity contribution is -0.338. The highest BCUT2D eigenvalue weighted by Gasteiger charge is 2.74. The smallest absolute Gasteiger partial charge is 0.431 e. The Kier molecular flexibility index (Phi) is 6.70. The topological polar surface area (TPSA) is 45.1 Å². The Morgan fingerprint density at radius 3 is 2.11 bits per heavy atom. The highest BCUT2D eigenvalue weighted by atomic mass is 35.5. The van der Waals surface area contributed by atoms with Crippen LogP contribution >= 0.6 is 11.6 Å². The number of anilines is 1. The largest absolute Gasteiger partial charge is 0.497 e. The Morgan fingerprint density at radius 1 is 0.889 bits per heavy atom. The molecule has 0 spiro atoms. The third-order valence-corrected chi connectivity index (χ3v) is 6.27.